The molecule has 2 aromatic carbocycles. The Morgan fingerprint density at radius 3 is 1.76 bits per heavy atom. The number of rotatable bonds is 15. The molecule has 1 aromatic heterocycles. The van der Waals surface area contributed by atoms with Crippen LogP contribution in [0, 0.1) is 11.8 Å². The van der Waals surface area contributed by atoms with E-state index in [1.807, 2.05) is 88.4 Å². The molecule has 1 heterocycles. The Morgan fingerprint density at radius 1 is 0.739 bits per heavy atom. The summed E-state index contributed by atoms with van der Waals surface area (Å²) in [6.07, 6.45) is 1.65. The molecule has 3 amide bonds. The molecule has 250 valence electrons. The number of hydrogen-bond donors (Lipinski definition) is 4. The third-order valence-electron chi connectivity index (χ3n) is 6.44. The Morgan fingerprint density at radius 2 is 1.26 bits per heavy atom. The van der Waals surface area contributed by atoms with Crippen molar-refractivity contribution in [3.63, 3.8) is 0 Å². The van der Waals surface area contributed by atoms with Crippen LogP contribution in [0.1, 0.15) is 50.8 Å². The molecule has 3 aromatic rings. The molecular formula is C35H48N4O7. The number of hydrogen-bond acceptors (Lipinski definition) is 8. The fourth-order valence-electron chi connectivity index (χ4n) is 4.22. The number of ether oxygens (including phenoxy) is 3. The van der Waals surface area contributed by atoms with E-state index in [0.29, 0.717) is 26.1 Å². The van der Waals surface area contributed by atoms with Gasteiger partial charge in [-0.05, 0) is 48.3 Å². The number of aliphatic hydroxyl groups is 1. The van der Waals surface area contributed by atoms with Crippen LogP contribution in [-0.4, -0.2) is 59.8 Å². The van der Waals surface area contributed by atoms with Crippen LogP contribution < -0.4 is 16.4 Å². The molecule has 0 saturated carbocycles. The summed E-state index contributed by atoms with van der Waals surface area (Å²) in [6, 6.07) is 22.0. The molecule has 0 aliphatic carbocycles. The predicted octanol–water partition coefficient (Wildman–Crippen LogP) is 5.40. The smallest absolute Gasteiger partial charge is 0.407 e. The van der Waals surface area contributed by atoms with Crippen molar-refractivity contribution in [1.29, 1.82) is 0 Å². The summed E-state index contributed by atoms with van der Waals surface area (Å²) in [5.74, 6) is 0.421. The predicted molar refractivity (Wildman–Crippen MR) is 176 cm³/mol. The maximum atomic E-state index is 12.4. The molecule has 0 aliphatic heterocycles. The van der Waals surface area contributed by atoms with Crippen molar-refractivity contribution >= 4 is 18.3 Å². The third kappa shape index (κ3) is 17.0. The first-order chi connectivity index (χ1) is 22.0. The first-order valence-electron chi connectivity index (χ1n) is 15.4. The number of nitrogens with zero attached hydrogens (tertiary/aromatic N) is 1. The van der Waals surface area contributed by atoms with Gasteiger partial charge in [0.25, 0.3) is 0 Å². The van der Waals surface area contributed by atoms with Crippen LogP contribution >= 0.6 is 0 Å². The van der Waals surface area contributed by atoms with Gasteiger partial charge in [0.1, 0.15) is 6.61 Å². The number of carbonyl (C=O) groups excluding carboxylic acids is 3. The van der Waals surface area contributed by atoms with Gasteiger partial charge in [-0.25, -0.2) is 14.4 Å². The minimum Gasteiger partial charge on any atom is -0.449 e. The monoisotopic (exact) mass is 636 g/mol. The molecule has 0 spiro atoms. The standard InChI is InChI=1S/C28H40N2O5.C7H8N2O2/c1-20(2)18-34-27(32)29-24(15-22-11-7-5-8-12-22)17-26(31)25(16-23-13-9-6-10-14-23)30-28(33)35-19-21(3)4;8-7(10)11-5-6-2-1-3-9-4-6/h5-14,20-21,24-26,31H,15-19H2,1-4H3,(H,29,32)(H,30,33);1-4H,5H2,(H2,8,10)/t24-,25-,26-;/m0./s1. The highest BCUT2D eigenvalue weighted by Gasteiger charge is 2.27. The van der Waals surface area contributed by atoms with Crippen LogP contribution in [0.2, 0.25) is 0 Å². The number of primary amides is 1. The van der Waals surface area contributed by atoms with Crippen molar-refractivity contribution in [2.75, 3.05) is 13.2 Å². The SMILES string of the molecule is CC(C)COC(=O)N[C@@H](Cc1ccccc1)C[C@H](O)[C@H](Cc1ccccc1)NC(=O)OCC(C)C.NC(=O)OCc1cccnc1. The second-order valence-corrected chi connectivity index (χ2v) is 11.7. The molecule has 0 unspecified atom stereocenters. The van der Waals surface area contributed by atoms with E-state index in [-0.39, 0.29) is 30.9 Å². The molecule has 3 rings (SSSR count). The number of carbonyl (C=O) groups is 3. The first-order valence-corrected chi connectivity index (χ1v) is 15.4. The van der Waals surface area contributed by atoms with Crippen molar-refractivity contribution in [2.24, 2.45) is 17.6 Å². The Balaban J connectivity index is 0.000000562. The summed E-state index contributed by atoms with van der Waals surface area (Å²) in [6.45, 7) is 8.65. The molecule has 11 nitrogen and oxygen atoms in total. The lowest BCUT2D eigenvalue weighted by molar-refractivity contribution is 0.0844. The lowest BCUT2D eigenvalue weighted by Gasteiger charge is -2.28. The number of pyridine rings is 1. The fraction of sp³-hybridized carbons (Fsp3) is 0.429. The molecule has 5 N–H and O–H groups in total. The van der Waals surface area contributed by atoms with Gasteiger partial charge in [-0.3, -0.25) is 4.98 Å². The normalized spacial score (nSPS) is 12.6. The number of nitrogens with two attached hydrogens (primary N) is 1. The first kappa shape index (κ1) is 37.5. The van der Waals surface area contributed by atoms with E-state index < -0.39 is 30.4 Å². The molecule has 3 atom stereocenters. The van der Waals surface area contributed by atoms with Crippen molar-refractivity contribution in [2.45, 2.75) is 71.8 Å². The second-order valence-electron chi connectivity index (χ2n) is 11.7. The summed E-state index contributed by atoms with van der Waals surface area (Å²) < 4.78 is 15.1. The van der Waals surface area contributed by atoms with Gasteiger partial charge in [-0.2, -0.15) is 0 Å². The van der Waals surface area contributed by atoms with Gasteiger partial charge in [0.15, 0.2) is 0 Å². The summed E-state index contributed by atoms with van der Waals surface area (Å²) in [4.78, 5) is 38.8. The molecule has 0 radical (unpaired) electrons. The van der Waals surface area contributed by atoms with Gasteiger partial charge < -0.3 is 35.7 Å². The Labute approximate surface area is 271 Å². The van der Waals surface area contributed by atoms with E-state index in [1.165, 1.54) is 0 Å². The molecule has 46 heavy (non-hydrogen) atoms. The number of aromatic nitrogens is 1. The van der Waals surface area contributed by atoms with Crippen LogP contribution in [0.4, 0.5) is 14.4 Å². The molecule has 0 aliphatic rings. The van der Waals surface area contributed by atoms with Crippen LogP contribution in [0.3, 0.4) is 0 Å². The minimum absolute atomic E-state index is 0.184. The molecular weight excluding hydrogens is 588 g/mol. The average molecular weight is 637 g/mol. The number of benzene rings is 2. The average Bonchev–Trinajstić information content (AvgIpc) is 3.03. The van der Waals surface area contributed by atoms with E-state index >= 15 is 0 Å². The van der Waals surface area contributed by atoms with Gasteiger partial charge in [0.05, 0.1) is 25.4 Å². The lowest BCUT2D eigenvalue weighted by atomic mass is 9.94. The van der Waals surface area contributed by atoms with E-state index in [9.17, 15) is 19.5 Å². The molecule has 0 fully saturated rings. The lowest BCUT2D eigenvalue weighted by Crippen LogP contribution is -2.49. The summed E-state index contributed by atoms with van der Waals surface area (Å²) in [5.41, 5.74) is 7.59. The van der Waals surface area contributed by atoms with Gasteiger partial charge in [-0.1, -0.05) is 94.4 Å². The van der Waals surface area contributed by atoms with Crippen molar-refractivity contribution in [3.05, 3.63) is 102 Å². The maximum absolute atomic E-state index is 12.4. The van der Waals surface area contributed by atoms with Crippen molar-refractivity contribution < 1.29 is 33.7 Å². The van der Waals surface area contributed by atoms with Crippen LogP contribution in [0.15, 0.2) is 85.2 Å². The van der Waals surface area contributed by atoms with E-state index in [1.54, 1.807) is 24.5 Å². The number of aliphatic hydroxyl groups excluding tert-OH is 1. The topological polar surface area (TPSA) is 162 Å². The van der Waals surface area contributed by atoms with Gasteiger partial charge in [0.2, 0.25) is 0 Å². The Hall–Kier alpha value is -4.64. The largest absolute Gasteiger partial charge is 0.449 e. The van der Waals surface area contributed by atoms with E-state index in [4.69, 9.17) is 15.2 Å². The highest BCUT2D eigenvalue weighted by Crippen LogP contribution is 2.15. The number of alkyl carbamates (subject to hydrolysis) is 2. The van der Waals surface area contributed by atoms with E-state index in [2.05, 4.69) is 20.4 Å². The zero-order valence-electron chi connectivity index (χ0n) is 27.1. The minimum atomic E-state index is -0.930. The fourth-order valence-corrected chi connectivity index (χ4v) is 4.22. The number of amides is 3. The van der Waals surface area contributed by atoms with Crippen LogP contribution in [0.25, 0.3) is 0 Å². The highest BCUT2D eigenvalue weighted by molar-refractivity contribution is 5.68. The van der Waals surface area contributed by atoms with Gasteiger partial charge in [-0.15, -0.1) is 0 Å². The van der Waals surface area contributed by atoms with Crippen LogP contribution in [0.5, 0.6) is 0 Å². The molecule has 0 saturated heterocycles. The summed E-state index contributed by atoms with van der Waals surface area (Å²) >= 11 is 0. The molecule has 0 bridgehead atoms. The highest BCUT2D eigenvalue weighted by atomic mass is 16.6. The Kier molecular flexibility index (Phi) is 17.3. The number of nitrogens with one attached hydrogen (secondary N) is 2. The van der Waals surface area contributed by atoms with E-state index in [0.717, 1.165) is 16.7 Å². The third-order valence-corrected chi connectivity index (χ3v) is 6.44. The second kappa shape index (κ2) is 21.2. The zero-order valence-corrected chi connectivity index (χ0v) is 27.1. The van der Waals surface area contributed by atoms with Gasteiger partial charge >= 0.3 is 18.3 Å². The van der Waals surface area contributed by atoms with Crippen molar-refractivity contribution in [3.8, 4) is 0 Å². The van der Waals surface area contributed by atoms with Crippen LogP contribution in [-0.2, 0) is 33.7 Å². The zero-order chi connectivity index (χ0) is 33.7. The summed E-state index contributed by atoms with van der Waals surface area (Å²) in [7, 11) is 0. The van der Waals surface area contributed by atoms with Crippen molar-refractivity contribution in [1.82, 2.24) is 15.6 Å². The Bertz CT molecular complexity index is 1280. The maximum Gasteiger partial charge on any atom is 0.407 e. The summed E-state index contributed by atoms with van der Waals surface area (Å²) in [5, 5.41) is 16.9. The molecule has 11 heteroatoms. The quantitative estimate of drug-likeness (QED) is 0.161. The van der Waals surface area contributed by atoms with Gasteiger partial charge in [0, 0.05) is 24.0 Å².